The number of benzene rings is 2. The molecule has 0 aliphatic carbocycles. The van der Waals surface area contributed by atoms with Crippen LogP contribution in [0.25, 0.3) is 10.8 Å². The van der Waals surface area contributed by atoms with E-state index >= 15 is 0 Å². The number of carbonyl (C=O) groups excluding carboxylic acids is 2. The molecule has 0 saturated heterocycles. The van der Waals surface area contributed by atoms with Crippen molar-refractivity contribution >= 4 is 28.3 Å². The summed E-state index contributed by atoms with van der Waals surface area (Å²) in [6.07, 6.45) is 0. The van der Waals surface area contributed by atoms with E-state index in [0.29, 0.717) is 0 Å². The quantitative estimate of drug-likeness (QED) is 0.860. The van der Waals surface area contributed by atoms with Crippen LogP contribution in [0.15, 0.2) is 42.5 Å². The molecule has 23 heavy (non-hydrogen) atoms. The summed E-state index contributed by atoms with van der Waals surface area (Å²) in [6.45, 7) is 4.17. The van der Waals surface area contributed by atoms with Crippen LogP contribution in [-0.2, 0) is 9.59 Å². The van der Waals surface area contributed by atoms with Crippen LogP contribution in [0.5, 0.6) is 0 Å². The van der Waals surface area contributed by atoms with Crippen molar-refractivity contribution in [2.24, 2.45) is 0 Å². The zero-order valence-corrected chi connectivity index (χ0v) is 13.8. The van der Waals surface area contributed by atoms with Gasteiger partial charge in [-0.05, 0) is 32.3 Å². The molecule has 2 aromatic rings. The highest BCUT2D eigenvalue weighted by atomic mass is 16.2. The summed E-state index contributed by atoms with van der Waals surface area (Å²) >= 11 is 0. The van der Waals surface area contributed by atoms with Crippen molar-refractivity contribution < 1.29 is 9.59 Å². The number of amides is 2. The minimum absolute atomic E-state index is 0.0829. The van der Waals surface area contributed by atoms with Crippen LogP contribution in [0, 0.1) is 0 Å². The molecule has 2 N–H and O–H groups in total. The number of anilines is 1. The van der Waals surface area contributed by atoms with Crippen LogP contribution < -0.4 is 10.6 Å². The van der Waals surface area contributed by atoms with Gasteiger partial charge in [0.05, 0.1) is 13.1 Å². The van der Waals surface area contributed by atoms with E-state index in [9.17, 15) is 9.59 Å². The Kier molecular flexibility index (Phi) is 5.71. The zero-order valence-electron chi connectivity index (χ0n) is 13.8. The molecule has 2 amide bonds. The second-order valence-electron chi connectivity index (χ2n) is 5.97. The maximum atomic E-state index is 12.2. The zero-order chi connectivity index (χ0) is 16.8. The predicted octanol–water partition coefficient (Wildman–Crippen LogP) is 2.23. The lowest BCUT2D eigenvalue weighted by molar-refractivity contribution is -0.123. The summed E-state index contributed by atoms with van der Waals surface area (Å²) in [6, 6.07) is 13.8. The molecule has 0 bridgehead atoms. The smallest absolute Gasteiger partial charge is 0.238 e. The molecule has 0 aliphatic rings. The Hall–Kier alpha value is -2.40. The monoisotopic (exact) mass is 313 g/mol. The third-order valence-corrected chi connectivity index (χ3v) is 3.34. The molecule has 5 heteroatoms. The summed E-state index contributed by atoms with van der Waals surface area (Å²) < 4.78 is 0. The largest absolute Gasteiger partial charge is 0.353 e. The van der Waals surface area contributed by atoms with Gasteiger partial charge in [-0.3, -0.25) is 14.5 Å². The third kappa shape index (κ3) is 5.07. The van der Waals surface area contributed by atoms with Crippen LogP contribution in [0.4, 0.5) is 5.69 Å². The van der Waals surface area contributed by atoms with E-state index < -0.39 is 0 Å². The topological polar surface area (TPSA) is 61.4 Å². The van der Waals surface area contributed by atoms with Crippen LogP contribution in [0.3, 0.4) is 0 Å². The first-order valence-corrected chi connectivity index (χ1v) is 7.71. The number of fused-ring (bicyclic) bond motifs is 1. The summed E-state index contributed by atoms with van der Waals surface area (Å²) in [7, 11) is 1.75. The molecule has 0 unspecified atom stereocenters. The van der Waals surface area contributed by atoms with Crippen molar-refractivity contribution in [1.82, 2.24) is 10.2 Å². The number of nitrogens with zero attached hydrogens (tertiary/aromatic N) is 1. The van der Waals surface area contributed by atoms with Gasteiger partial charge in [-0.1, -0.05) is 36.4 Å². The van der Waals surface area contributed by atoms with Crippen LogP contribution in [-0.4, -0.2) is 42.9 Å². The second kappa shape index (κ2) is 7.74. The van der Waals surface area contributed by atoms with Gasteiger partial charge in [0.15, 0.2) is 0 Å². The van der Waals surface area contributed by atoms with Gasteiger partial charge >= 0.3 is 0 Å². The van der Waals surface area contributed by atoms with Gasteiger partial charge < -0.3 is 10.6 Å². The minimum Gasteiger partial charge on any atom is -0.353 e. The van der Waals surface area contributed by atoms with E-state index in [0.717, 1.165) is 16.5 Å². The highest BCUT2D eigenvalue weighted by Gasteiger charge is 2.12. The van der Waals surface area contributed by atoms with Gasteiger partial charge in [0.25, 0.3) is 0 Å². The number of hydrogen-bond donors (Lipinski definition) is 2. The minimum atomic E-state index is -0.138. The normalized spacial score (nSPS) is 11.0. The van der Waals surface area contributed by atoms with Gasteiger partial charge in [-0.2, -0.15) is 0 Å². The summed E-state index contributed by atoms with van der Waals surface area (Å²) in [5.74, 6) is -0.221. The molecule has 0 heterocycles. The van der Waals surface area contributed by atoms with Crippen LogP contribution in [0.2, 0.25) is 0 Å². The fourth-order valence-corrected chi connectivity index (χ4v) is 2.44. The predicted molar refractivity (Wildman–Crippen MR) is 93.4 cm³/mol. The van der Waals surface area contributed by atoms with Gasteiger partial charge in [-0.15, -0.1) is 0 Å². The van der Waals surface area contributed by atoms with E-state index in [2.05, 4.69) is 10.6 Å². The maximum absolute atomic E-state index is 12.2. The van der Waals surface area contributed by atoms with E-state index in [-0.39, 0.29) is 30.9 Å². The Morgan fingerprint density at radius 2 is 1.65 bits per heavy atom. The molecule has 0 aliphatic heterocycles. The van der Waals surface area contributed by atoms with Gasteiger partial charge in [0.1, 0.15) is 0 Å². The van der Waals surface area contributed by atoms with E-state index in [1.807, 2.05) is 56.3 Å². The van der Waals surface area contributed by atoms with E-state index in [1.165, 1.54) is 0 Å². The Morgan fingerprint density at radius 1 is 1.00 bits per heavy atom. The summed E-state index contributed by atoms with van der Waals surface area (Å²) in [4.78, 5) is 25.6. The van der Waals surface area contributed by atoms with E-state index in [1.54, 1.807) is 11.9 Å². The van der Waals surface area contributed by atoms with Crippen molar-refractivity contribution in [3.63, 3.8) is 0 Å². The first kappa shape index (κ1) is 17.0. The highest BCUT2D eigenvalue weighted by molar-refractivity contribution is 6.02. The lowest BCUT2D eigenvalue weighted by Gasteiger charge is -2.17. The Morgan fingerprint density at radius 3 is 2.39 bits per heavy atom. The third-order valence-electron chi connectivity index (χ3n) is 3.34. The molecule has 2 aromatic carbocycles. The second-order valence-corrected chi connectivity index (χ2v) is 5.97. The lowest BCUT2D eigenvalue weighted by Crippen LogP contribution is -2.41. The summed E-state index contributed by atoms with van der Waals surface area (Å²) in [5, 5.41) is 7.81. The molecule has 122 valence electrons. The number of carbonyl (C=O) groups is 2. The van der Waals surface area contributed by atoms with Gasteiger partial charge in [0, 0.05) is 17.1 Å². The van der Waals surface area contributed by atoms with Crippen molar-refractivity contribution in [1.29, 1.82) is 0 Å². The fraction of sp³-hybridized carbons (Fsp3) is 0.333. The molecular formula is C18H23N3O2. The van der Waals surface area contributed by atoms with Crippen LogP contribution >= 0.6 is 0 Å². The molecule has 0 fully saturated rings. The molecule has 5 nitrogen and oxygen atoms in total. The fourth-order valence-electron chi connectivity index (χ4n) is 2.44. The number of rotatable bonds is 6. The maximum Gasteiger partial charge on any atom is 0.238 e. The molecule has 0 spiro atoms. The average Bonchev–Trinajstić information content (AvgIpc) is 2.46. The Labute approximate surface area is 136 Å². The standard InChI is InChI=1S/C18H23N3O2/c1-13(2)19-17(22)11-21(3)12-18(23)20-16-10-6-8-14-7-4-5-9-15(14)16/h4-10,13H,11-12H2,1-3H3,(H,19,22)(H,20,23). The molecule has 2 rings (SSSR count). The summed E-state index contributed by atoms with van der Waals surface area (Å²) in [5.41, 5.74) is 0.785. The lowest BCUT2D eigenvalue weighted by atomic mass is 10.1. The van der Waals surface area contributed by atoms with Crippen molar-refractivity contribution in [3.8, 4) is 0 Å². The number of likely N-dealkylation sites (N-methyl/N-ethyl adjacent to an activating group) is 1. The Balaban J connectivity index is 1.95. The first-order valence-electron chi connectivity index (χ1n) is 7.71. The van der Waals surface area contributed by atoms with Crippen molar-refractivity contribution in [2.75, 3.05) is 25.5 Å². The van der Waals surface area contributed by atoms with Crippen molar-refractivity contribution in [3.05, 3.63) is 42.5 Å². The number of nitrogens with one attached hydrogen (secondary N) is 2. The molecule has 0 radical (unpaired) electrons. The Bertz CT molecular complexity index is 692. The molecular weight excluding hydrogens is 290 g/mol. The van der Waals surface area contributed by atoms with Gasteiger partial charge in [-0.25, -0.2) is 0 Å². The van der Waals surface area contributed by atoms with Crippen LogP contribution in [0.1, 0.15) is 13.8 Å². The number of hydrogen-bond acceptors (Lipinski definition) is 3. The van der Waals surface area contributed by atoms with Gasteiger partial charge in [0.2, 0.25) is 11.8 Å². The average molecular weight is 313 g/mol. The highest BCUT2D eigenvalue weighted by Crippen LogP contribution is 2.22. The SMILES string of the molecule is CC(C)NC(=O)CN(C)CC(=O)Nc1cccc2ccccc12. The molecule has 0 atom stereocenters. The van der Waals surface area contributed by atoms with Crippen molar-refractivity contribution in [2.45, 2.75) is 19.9 Å². The molecule has 0 aromatic heterocycles. The van der Waals surface area contributed by atoms with E-state index in [4.69, 9.17) is 0 Å². The molecule has 0 saturated carbocycles. The first-order chi connectivity index (χ1) is 11.0.